The Hall–Kier alpha value is -2.56. The lowest BCUT2D eigenvalue weighted by molar-refractivity contribution is -0.167. The van der Waals surface area contributed by atoms with Gasteiger partial charge in [-0.1, -0.05) is 0 Å². The highest BCUT2D eigenvalue weighted by Crippen LogP contribution is 2.14. The van der Waals surface area contributed by atoms with E-state index in [-0.39, 0.29) is 31.3 Å². The van der Waals surface area contributed by atoms with Crippen LogP contribution in [0.4, 0.5) is 9.59 Å². The Balaban J connectivity index is 1.65. The minimum atomic E-state index is -1.09. The molecule has 11 nitrogen and oxygen atoms in total. The van der Waals surface area contributed by atoms with Crippen LogP contribution < -0.4 is 5.32 Å². The van der Waals surface area contributed by atoms with Crippen LogP contribution >= 0.6 is 0 Å². The minimum absolute atomic E-state index is 0.0314. The summed E-state index contributed by atoms with van der Waals surface area (Å²) in [6.45, 7) is 9.43. The van der Waals surface area contributed by atoms with Crippen molar-refractivity contribution in [2.45, 2.75) is 64.9 Å². The van der Waals surface area contributed by atoms with Gasteiger partial charge < -0.3 is 34.1 Å². The van der Waals surface area contributed by atoms with Crippen LogP contribution in [0.25, 0.3) is 0 Å². The van der Waals surface area contributed by atoms with E-state index in [4.69, 9.17) is 18.9 Å². The SMILES string of the molecule is CC(OC(=O)CCC(=O)N1CCOCC1)OC(=O)N1CC[C@H](NC(=O)OC(C)(C)C)C1. The molecule has 176 valence electrons. The molecule has 0 aromatic heterocycles. The van der Waals surface area contributed by atoms with Crippen LogP contribution in [0.1, 0.15) is 47.0 Å². The summed E-state index contributed by atoms with van der Waals surface area (Å²) in [5, 5.41) is 2.72. The van der Waals surface area contributed by atoms with Gasteiger partial charge in [0, 0.05) is 39.5 Å². The van der Waals surface area contributed by atoms with Crippen molar-refractivity contribution in [3.05, 3.63) is 0 Å². The molecule has 2 saturated heterocycles. The molecule has 2 heterocycles. The van der Waals surface area contributed by atoms with Crippen molar-refractivity contribution < 1.29 is 38.1 Å². The van der Waals surface area contributed by atoms with Crippen LogP contribution in [0.15, 0.2) is 0 Å². The Bertz CT molecular complexity index is 657. The molecule has 3 amide bonds. The Labute approximate surface area is 182 Å². The molecule has 0 aromatic carbocycles. The molecule has 31 heavy (non-hydrogen) atoms. The van der Waals surface area contributed by atoms with Crippen LogP contribution in [0.5, 0.6) is 0 Å². The van der Waals surface area contributed by atoms with Gasteiger partial charge in [-0.3, -0.25) is 9.59 Å². The van der Waals surface area contributed by atoms with Gasteiger partial charge in [0.2, 0.25) is 12.2 Å². The molecule has 0 bridgehead atoms. The predicted octanol–water partition coefficient (Wildman–Crippen LogP) is 1.25. The van der Waals surface area contributed by atoms with Crippen LogP contribution in [-0.2, 0) is 28.5 Å². The highest BCUT2D eigenvalue weighted by molar-refractivity contribution is 5.81. The summed E-state index contributed by atoms with van der Waals surface area (Å²) in [6, 6.07) is -0.244. The van der Waals surface area contributed by atoms with Crippen molar-refractivity contribution in [3.63, 3.8) is 0 Å². The molecule has 2 atom stereocenters. The fraction of sp³-hybridized carbons (Fsp3) is 0.800. The van der Waals surface area contributed by atoms with Crippen molar-refractivity contribution in [2.24, 2.45) is 0 Å². The minimum Gasteiger partial charge on any atom is -0.444 e. The zero-order valence-electron chi connectivity index (χ0n) is 18.7. The van der Waals surface area contributed by atoms with E-state index >= 15 is 0 Å². The average Bonchev–Trinajstić information content (AvgIpc) is 3.13. The fourth-order valence-corrected chi connectivity index (χ4v) is 3.18. The number of hydrogen-bond acceptors (Lipinski definition) is 8. The molecule has 2 fully saturated rings. The lowest BCUT2D eigenvalue weighted by Gasteiger charge is -2.26. The number of hydrogen-bond donors (Lipinski definition) is 1. The predicted molar refractivity (Wildman–Crippen MR) is 108 cm³/mol. The summed E-state index contributed by atoms with van der Waals surface area (Å²) < 4.78 is 20.6. The smallest absolute Gasteiger partial charge is 0.412 e. The van der Waals surface area contributed by atoms with Crippen molar-refractivity contribution >= 4 is 24.1 Å². The summed E-state index contributed by atoms with van der Waals surface area (Å²) >= 11 is 0. The molecule has 0 spiro atoms. The first-order valence-electron chi connectivity index (χ1n) is 10.5. The number of esters is 1. The number of carbonyl (C=O) groups is 4. The van der Waals surface area contributed by atoms with Gasteiger partial charge in [0.15, 0.2) is 0 Å². The molecule has 2 aliphatic heterocycles. The summed E-state index contributed by atoms with van der Waals surface area (Å²) in [5.74, 6) is -0.752. The summed E-state index contributed by atoms with van der Waals surface area (Å²) in [6.07, 6.45) is -1.77. The van der Waals surface area contributed by atoms with E-state index in [1.54, 1.807) is 25.7 Å². The number of alkyl carbamates (subject to hydrolysis) is 1. The third-order valence-corrected chi connectivity index (χ3v) is 4.64. The molecule has 0 saturated carbocycles. The topological polar surface area (TPSA) is 124 Å². The van der Waals surface area contributed by atoms with Crippen molar-refractivity contribution in [3.8, 4) is 0 Å². The monoisotopic (exact) mass is 443 g/mol. The average molecular weight is 443 g/mol. The highest BCUT2D eigenvalue weighted by atomic mass is 16.7. The standard InChI is InChI=1S/C20H33N3O8/c1-14(29-17(25)6-5-16(24)22-9-11-28-12-10-22)30-19(27)23-8-7-15(13-23)21-18(26)31-20(2,3)4/h14-15H,5-13H2,1-4H3,(H,21,26)/t14?,15-/m0/s1. The third kappa shape index (κ3) is 8.99. The summed E-state index contributed by atoms with van der Waals surface area (Å²) in [5.41, 5.74) is -0.604. The van der Waals surface area contributed by atoms with E-state index in [9.17, 15) is 19.2 Å². The Kier molecular flexibility index (Phi) is 8.90. The number of ether oxygens (including phenoxy) is 4. The quantitative estimate of drug-likeness (QED) is 0.481. The molecule has 1 N–H and O–H groups in total. The first-order valence-corrected chi connectivity index (χ1v) is 10.5. The Morgan fingerprint density at radius 3 is 2.35 bits per heavy atom. The van der Waals surface area contributed by atoms with Gasteiger partial charge in [-0.05, 0) is 27.2 Å². The van der Waals surface area contributed by atoms with E-state index < -0.39 is 30.0 Å². The van der Waals surface area contributed by atoms with Gasteiger partial charge in [0.05, 0.1) is 25.7 Å². The second-order valence-corrected chi connectivity index (χ2v) is 8.51. The molecule has 2 aliphatic rings. The molecule has 2 rings (SSSR count). The number of morpholine rings is 1. The maximum absolute atomic E-state index is 12.3. The van der Waals surface area contributed by atoms with Gasteiger partial charge >= 0.3 is 18.2 Å². The number of nitrogens with zero attached hydrogens (tertiary/aromatic N) is 2. The lowest BCUT2D eigenvalue weighted by Crippen LogP contribution is -2.41. The first-order chi connectivity index (χ1) is 14.5. The number of rotatable bonds is 6. The molecule has 1 unspecified atom stereocenters. The lowest BCUT2D eigenvalue weighted by atomic mass is 10.2. The maximum Gasteiger partial charge on any atom is 0.412 e. The second kappa shape index (κ2) is 11.2. The summed E-state index contributed by atoms with van der Waals surface area (Å²) in [4.78, 5) is 51.2. The van der Waals surface area contributed by atoms with Crippen molar-refractivity contribution in [2.75, 3.05) is 39.4 Å². The number of amides is 3. The van der Waals surface area contributed by atoms with Crippen molar-refractivity contribution in [1.29, 1.82) is 0 Å². The van der Waals surface area contributed by atoms with Crippen LogP contribution in [0.2, 0.25) is 0 Å². The summed E-state index contributed by atoms with van der Waals surface area (Å²) in [7, 11) is 0. The van der Waals surface area contributed by atoms with Crippen LogP contribution in [0.3, 0.4) is 0 Å². The highest BCUT2D eigenvalue weighted by Gasteiger charge is 2.31. The maximum atomic E-state index is 12.3. The zero-order valence-corrected chi connectivity index (χ0v) is 18.7. The molecular formula is C20H33N3O8. The Morgan fingerprint density at radius 2 is 1.71 bits per heavy atom. The Morgan fingerprint density at radius 1 is 1.03 bits per heavy atom. The van der Waals surface area contributed by atoms with Gasteiger partial charge in [0.25, 0.3) is 0 Å². The fourth-order valence-electron chi connectivity index (χ4n) is 3.18. The van der Waals surface area contributed by atoms with Gasteiger partial charge in [-0.15, -0.1) is 0 Å². The first kappa shape index (κ1) is 24.7. The van der Waals surface area contributed by atoms with Crippen LogP contribution in [0, 0.1) is 0 Å². The third-order valence-electron chi connectivity index (χ3n) is 4.64. The van der Waals surface area contributed by atoms with Gasteiger partial charge in [-0.25, -0.2) is 9.59 Å². The largest absolute Gasteiger partial charge is 0.444 e. The van der Waals surface area contributed by atoms with Gasteiger partial charge in [0.1, 0.15) is 5.60 Å². The molecule has 0 aromatic rings. The molecule has 11 heteroatoms. The second-order valence-electron chi connectivity index (χ2n) is 8.51. The molecular weight excluding hydrogens is 410 g/mol. The normalized spacial score (nSPS) is 20.1. The molecule has 0 aliphatic carbocycles. The van der Waals surface area contributed by atoms with E-state index in [1.165, 1.54) is 11.8 Å². The van der Waals surface area contributed by atoms with Crippen LogP contribution in [-0.4, -0.2) is 91.2 Å². The zero-order chi connectivity index (χ0) is 23.0. The van der Waals surface area contributed by atoms with E-state index in [0.29, 0.717) is 39.3 Å². The number of likely N-dealkylation sites (tertiary alicyclic amines) is 1. The van der Waals surface area contributed by atoms with E-state index in [1.807, 2.05) is 0 Å². The van der Waals surface area contributed by atoms with E-state index in [0.717, 1.165) is 0 Å². The van der Waals surface area contributed by atoms with Crippen molar-refractivity contribution in [1.82, 2.24) is 15.1 Å². The van der Waals surface area contributed by atoms with Gasteiger partial charge in [-0.2, -0.15) is 0 Å². The van der Waals surface area contributed by atoms with E-state index in [2.05, 4.69) is 5.32 Å². The number of carbonyl (C=O) groups excluding carboxylic acids is 4. The number of nitrogens with one attached hydrogen (secondary N) is 1. The molecule has 0 radical (unpaired) electrons.